The van der Waals surface area contributed by atoms with E-state index < -0.39 is 11.4 Å². The third-order valence-corrected chi connectivity index (χ3v) is 4.56. The zero-order chi connectivity index (χ0) is 13.3. The van der Waals surface area contributed by atoms with Gasteiger partial charge in [-0.2, -0.15) is 0 Å². The van der Waals surface area contributed by atoms with Crippen molar-refractivity contribution in [1.29, 1.82) is 0 Å². The predicted octanol–water partition coefficient (Wildman–Crippen LogP) is 2.12. The van der Waals surface area contributed by atoms with Crippen molar-refractivity contribution in [3.63, 3.8) is 0 Å². The molecule has 1 heterocycles. The third-order valence-electron chi connectivity index (χ3n) is 4.56. The van der Waals surface area contributed by atoms with Crippen LogP contribution >= 0.6 is 0 Å². The van der Waals surface area contributed by atoms with Crippen molar-refractivity contribution in [3.05, 3.63) is 0 Å². The predicted molar refractivity (Wildman–Crippen MR) is 66.2 cm³/mol. The van der Waals surface area contributed by atoms with Gasteiger partial charge in [-0.3, -0.25) is 9.59 Å². The van der Waals surface area contributed by atoms with Gasteiger partial charge in [0, 0.05) is 6.42 Å². The van der Waals surface area contributed by atoms with Gasteiger partial charge >= 0.3 is 5.97 Å². The van der Waals surface area contributed by atoms with Crippen molar-refractivity contribution in [3.8, 4) is 0 Å². The zero-order valence-electron chi connectivity index (χ0n) is 11.1. The molecule has 0 bridgehead atoms. The molecule has 2 fully saturated rings. The van der Waals surface area contributed by atoms with Crippen LogP contribution in [0, 0.1) is 23.2 Å². The Hall–Kier alpha value is -0.900. The first-order chi connectivity index (χ1) is 8.46. The first-order valence-corrected chi connectivity index (χ1v) is 6.81. The Morgan fingerprint density at radius 3 is 2.39 bits per heavy atom. The molecule has 0 radical (unpaired) electrons. The van der Waals surface area contributed by atoms with Gasteiger partial charge in [0.1, 0.15) is 0 Å². The fourth-order valence-electron chi connectivity index (χ4n) is 3.75. The number of rotatable bonds is 2. The van der Waals surface area contributed by atoms with Crippen LogP contribution in [-0.2, 0) is 14.3 Å². The smallest absolute Gasteiger partial charge is 0.319 e. The van der Waals surface area contributed by atoms with Crippen LogP contribution in [-0.4, -0.2) is 30.1 Å². The molecule has 0 aromatic carbocycles. The van der Waals surface area contributed by atoms with Gasteiger partial charge in [0.15, 0.2) is 11.2 Å². The van der Waals surface area contributed by atoms with Crippen LogP contribution in [0.4, 0.5) is 0 Å². The second kappa shape index (κ2) is 5.00. The lowest BCUT2D eigenvalue weighted by molar-refractivity contribution is -0.172. The Labute approximate surface area is 108 Å². The van der Waals surface area contributed by atoms with Crippen LogP contribution in [0.15, 0.2) is 0 Å². The van der Waals surface area contributed by atoms with Crippen molar-refractivity contribution >= 4 is 11.8 Å². The summed E-state index contributed by atoms with van der Waals surface area (Å²) in [5.41, 5.74) is -1.28. The first kappa shape index (κ1) is 13.5. The molecule has 4 nitrogen and oxygen atoms in total. The highest BCUT2D eigenvalue weighted by Crippen LogP contribution is 2.45. The summed E-state index contributed by atoms with van der Waals surface area (Å²) in [5.74, 6) is -0.206. The maximum atomic E-state index is 12.2. The monoisotopic (exact) mass is 254 g/mol. The summed E-state index contributed by atoms with van der Waals surface area (Å²) in [6.45, 7) is 4.72. The van der Waals surface area contributed by atoms with Crippen LogP contribution < -0.4 is 0 Å². The molecule has 102 valence electrons. The average molecular weight is 254 g/mol. The number of carbonyl (C=O) groups excluding carboxylic acids is 1. The number of carboxylic acids is 1. The van der Waals surface area contributed by atoms with E-state index in [1.54, 1.807) is 0 Å². The van der Waals surface area contributed by atoms with Crippen molar-refractivity contribution in [2.75, 3.05) is 13.2 Å². The van der Waals surface area contributed by atoms with Gasteiger partial charge in [-0.1, -0.05) is 13.8 Å². The van der Waals surface area contributed by atoms with Crippen LogP contribution in [0.1, 0.15) is 39.5 Å². The molecule has 1 saturated carbocycles. The minimum absolute atomic E-state index is 0.0608. The fraction of sp³-hybridized carbons (Fsp3) is 0.857. The fourth-order valence-corrected chi connectivity index (χ4v) is 3.75. The van der Waals surface area contributed by atoms with E-state index in [2.05, 4.69) is 13.8 Å². The lowest BCUT2D eigenvalue weighted by atomic mass is 9.61. The minimum atomic E-state index is -1.28. The van der Waals surface area contributed by atoms with Gasteiger partial charge in [-0.15, -0.1) is 0 Å². The number of hydrogen-bond acceptors (Lipinski definition) is 3. The van der Waals surface area contributed by atoms with Crippen molar-refractivity contribution in [2.45, 2.75) is 39.5 Å². The Bertz CT molecular complexity index is 342. The summed E-state index contributed by atoms with van der Waals surface area (Å²) < 4.78 is 5.34. The Morgan fingerprint density at radius 2 is 1.89 bits per heavy atom. The number of carbonyl (C=O) groups is 2. The van der Waals surface area contributed by atoms with Crippen molar-refractivity contribution in [1.82, 2.24) is 0 Å². The van der Waals surface area contributed by atoms with E-state index >= 15 is 0 Å². The van der Waals surface area contributed by atoms with E-state index in [4.69, 9.17) is 4.74 Å². The molecule has 3 atom stereocenters. The lowest BCUT2D eigenvalue weighted by Crippen LogP contribution is -2.53. The number of aliphatic carboxylic acids is 1. The minimum Gasteiger partial charge on any atom is -0.480 e. The Kier molecular flexibility index (Phi) is 3.76. The largest absolute Gasteiger partial charge is 0.480 e. The summed E-state index contributed by atoms with van der Waals surface area (Å²) in [4.78, 5) is 23.9. The molecular weight excluding hydrogens is 232 g/mol. The highest BCUT2D eigenvalue weighted by Gasteiger charge is 2.54. The molecule has 0 aromatic rings. The average Bonchev–Trinajstić information content (AvgIpc) is 2.27. The van der Waals surface area contributed by atoms with E-state index in [1.165, 1.54) is 0 Å². The molecule has 0 spiro atoms. The topological polar surface area (TPSA) is 63.6 Å². The molecule has 3 unspecified atom stereocenters. The number of ether oxygens (including phenoxy) is 1. The number of hydrogen-bond donors (Lipinski definition) is 1. The molecule has 1 aliphatic carbocycles. The molecule has 4 heteroatoms. The first-order valence-electron chi connectivity index (χ1n) is 6.81. The molecule has 2 rings (SSSR count). The van der Waals surface area contributed by atoms with E-state index in [-0.39, 0.29) is 24.7 Å². The molecule has 18 heavy (non-hydrogen) atoms. The zero-order valence-corrected chi connectivity index (χ0v) is 11.1. The van der Waals surface area contributed by atoms with Gasteiger partial charge in [-0.25, -0.2) is 0 Å². The van der Waals surface area contributed by atoms with Crippen LogP contribution in [0.5, 0.6) is 0 Å². The SMILES string of the molecule is CC1CC(C)CC(C2(C(=O)O)COCCC2=O)C1. The van der Waals surface area contributed by atoms with E-state index in [0.29, 0.717) is 18.4 Å². The van der Waals surface area contributed by atoms with Crippen molar-refractivity contribution in [2.24, 2.45) is 23.2 Å². The Balaban J connectivity index is 2.29. The molecule has 1 aliphatic heterocycles. The summed E-state index contributed by atoms with van der Waals surface area (Å²) in [6, 6.07) is 0. The van der Waals surface area contributed by atoms with Gasteiger partial charge in [-0.05, 0) is 37.0 Å². The maximum absolute atomic E-state index is 12.2. The maximum Gasteiger partial charge on any atom is 0.319 e. The lowest BCUT2D eigenvalue weighted by Gasteiger charge is -2.43. The Morgan fingerprint density at radius 1 is 1.28 bits per heavy atom. The molecule has 1 N–H and O–H groups in total. The molecular formula is C14H22O4. The highest BCUT2D eigenvalue weighted by molar-refractivity contribution is 6.04. The van der Waals surface area contributed by atoms with Gasteiger partial charge < -0.3 is 9.84 Å². The van der Waals surface area contributed by atoms with Crippen LogP contribution in [0.3, 0.4) is 0 Å². The van der Waals surface area contributed by atoms with Crippen LogP contribution in [0.25, 0.3) is 0 Å². The second-order valence-corrected chi connectivity index (χ2v) is 6.12. The van der Waals surface area contributed by atoms with Crippen LogP contribution in [0.2, 0.25) is 0 Å². The molecule has 0 amide bonds. The number of carboxylic acid groups (broad SMARTS) is 1. The van der Waals surface area contributed by atoms with E-state index in [0.717, 1.165) is 19.3 Å². The summed E-state index contributed by atoms with van der Waals surface area (Å²) >= 11 is 0. The summed E-state index contributed by atoms with van der Waals surface area (Å²) in [6.07, 6.45) is 3.02. The van der Waals surface area contributed by atoms with Gasteiger partial charge in [0.2, 0.25) is 0 Å². The normalized spacial score (nSPS) is 41.7. The third kappa shape index (κ3) is 2.18. The quantitative estimate of drug-likeness (QED) is 0.767. The number of ketones is 1. The summed E-state index contributed by atoms with van der Waals surface area (Å²) in [5, 5.41) is 9.58. The number of Topliss-reactive ketones (excluding diaryl/α,β-unsaturated/α-hetero) is 1. The molecule has 2 aliphatic rings. The standard InChI is InChI=1S/C14H22O4/c1-9-5-10(2)7-11(6-9)14(13(16)17)8-18-4-3-12(14)15/h9-11H,3-8H2,1-2H3,(H,16,17). The summed E-state index contributed by atoms with van der Waals surface area (Å²) in [7, 11) is 0. The van der Waals surface area contributed by atoms with Gasteiger partial charge in [0.05, 0.1) is 13.2 Å². The van der Waals surface area contributed by atoms with E-state index in [1.807, 2.05) is 0 Å². The highest BCUT2D eigenvalue weighted by atomic mass is 16.5. The van der Waals surface area contributed by atoms with Gasteiger partial charge in [0.25, 0.3) is 0 Å². The molecule has 0 aromatic heterocycles. The molecule has 1 saturated heterocycles. The second-order valence-electron chi connectivity index (χ2n) is 6.12. The van der Waals surface area contributed by atoms with E-state index in [9.17, 15) is 14.7 Å². The van der Waals surface area contributed by atoms with Crippen molar-refractivity contribution < 1.29 is 19.4 Å².